The van der Waals surface area contributed by atoms with E-state index in [-0.39, 0.29) is 11.6 Å². The molecule has 0 aliphatic carbocycles. The van der Waals surface area contributed by atoms with Crippen molar-refractivity contribution in [3.63, 3.8) is 0 Å². The molecule has 0 aromatic rings. The molecule has 3 nitrogen and oxygen atoms in total. The molecule has 0 bridgehead atoms. The first kappa shape index (κ1) is 9.26. The fraction of sp³-hybridized carbons (Fsp3) is 0.667. The van der Waals surface area contributed by atoms with Gasteiger partial charge in [-0.3, -0.25) is 0 Å². The minimum atomic E-state index is -0.369. The van der Waals surface area contributed by atoms with Gasteiger partial charge in [-0.2, -0.15) is 0 Å². The highest BCUT2D eigenvalue weighted by Gasteiger charge is 2.48. The van der Waals surface area contributed by atoms with Gasteiger partial charge in [0, 0.05) is 12.5 Å². The van der Waals surface area contributed by atoms with Crippen LogP contribution in [-0.2, 0) is 14.3 Å². The lowest BCUT2D eigenvalue weighted by atomic mass is 10.1. The maximum Gasteiger partial charge on any atom is 0.330 e. The smallest absolute Gasteiger partial charge is 0.330 e. The Bertz CT molecular complexity index is 200. The van der Waals surface area contributed by atoms with Crippen molar-refractivity contribution in [3.8, 4) is 0 Å². The fourth-order valence-electron chi connectivity index (χ4n) is 1.05. The molecular formula is C9H14O3. The zero-order valence-electron chi connectivity index (χ0n) is 7.50. The van der Waals surface area contributed by atoms with Crippen LogP contribution in [0.3, 0.4) is 0 Å². The number of hydrogen-bond donors (Lipinski definition) is 0. The van der Waals surface area contributed by atoms with Crippen molar-refractivity contribution < 1.29 is 14.3 Å². The largest absolute Gasteiger partial charge is 0.462 e. The summed E-state index contributed by atoms with van der Waals surface area (Å²) in [7, 11) is 0. The Balaban J connectivity index is 2.11. The Kier molecular flexibility index (Phi) is 2.52. The molecule has 0 N–H and O–H groups in total. The molecule has 1 aliphatic heterocycles. The van der Waals surface area contributed by atoms with Crippen LogP contribution in [0, 0.1) is 0 Å². The molecule has 0 saturated carbocycles. The molecule has 2 atom stereocenters. The first-order chi connectivity index (χ1) is 5.58. The molecule has 0 amide bonds. The van der Waals surface area contributed by atoms with Crippen molar-refractivity contribution in [1.82, 2.24) is 0 Å². The lowest BCUT2D eigenvalue weighted by Gasteiger charge is -2.04. The first-order valence-corrected chi connectivity index (χ1v) is 4.05. The zero-order valence-corrected chi connectivity index (χ0v) is 7.50. The lowest BCUT2D eigenvalue weighted by molar-refractivity contribution is -0.138. The van der Waals surface area contributed by atoms with E-state index in [0.29, 0.717) is 12.7 Å². The average Bonchev–Trinajstić information content (AvgIpc) is 2.59. The van der Waals surface area contributed by atoms with E-state index in [1.165, 1.54) is 6.08 Å². The molecule has 68 valence electrons. The highest BCUT2D eigenvalue weighted by Crippen LogP contribution is 2.38. The standard InChI is InChI=1S/C9H14O3/c1-4-8(10)11-6-5-9(3)7(2)12-9/h4,7H,1,5-6H2,2-3H3. The second kappa shape index (κ2) is 3.27. The normalized spacial score (nSPS) is 32.7. The monoisotopic (exact) mass is 170 g/mol. The summed E-state index contributed by atoms with van der Waals surface area (Å²) in [6.07, 6.45) is 2.22. The van der Waals surface area contributed by atoms with Crippen LogP contribution >= 0.6 is 0 Å². The molecule has 12 heavy (non-hydrogen) atoms. The van der Waals surface area contributed by atoms with E-state index in [0.717, 1.165) is 6.42 Å². The molecule has 1 fully saturated rings. The molecule has 0 spiro atoms. The van der Waals surface area contributed by atoms with E-state index in [1.807, 2.05) is 13.8 Å². The van der Waals surface area contributed by atoms with Crippen LogP contribution in [0.15, 0.2) is 12.7 Å². The van der Waals surface area contributed by atoms with E-state index >= 15 is 0 Å². The van der Waals surface area contributed by atoms with Crippen LogP contribution in [-0.4, -0.2) is 24.3 Å². The van der Waals surface area contributed by atoms with Gasteiger partial charge in [-0.15, -0.1) is 0 Å². The van der Waals surface area contributed by atoms with Crippen molar-refractivity contribution in [2.75, 3.05) is 6.61 Å². The van der Waals surface area contributed by atoms with E-state index in [1.54, 1.807) is 0 Å². The van der Waals surface area contributed by atoms with E-state index in [4.69, 9.17) is 9.47 Å². The lowest BCUT2D eigenvalue weighted by Crippen LogP contribution is -2.13. The average molecular weight is 170 g/mol. The third-order valence-electron chi connectivity index (χ3n) is 2.26. The number of carbonyl (C=O) groups is 1. The molecule has 0 aromatic carbocycles. The number of epoxide rings is 1. The van der Waals surface area contributed by atoms with Crippen molar-refractivity contribution >= 4 is 5.97 Å². The third kappa shape index (κ3) is 2.08. The highest BCUT2D eigenvalue weighted by atomic mass is 16.6. The van der Waals surface area contributed by atoms with Gasteiger partial charge >= 0.3 is 5.97 Å². The molecule has 0 radical (unpaired) electrons. The van der Waals surface area contributed by atoms with Crippen molar-refractivity contribution in [3.05, 3.63) is 12.7 Å². The van der Waals surface area contributed by atoms with Crippen LogP contribution in [0.25, 0.3) is 0 Å². The van der Waals surface area contributed by atoms with E-state index < -0.39 is 0 Å². The van der Waals surface area contributed by atoms with Crippen molar-refractivity contribution in [2.24, 2.45) is 0 Å². The summed E-state index contributed by atoms with van der Waals surface area (Å²) in [5, 5.41) is 0. The fourth-order valence-corrected chi connectivity index (χ4v) is 1.05. The number of rotatable bonds is 4. The molecule has 1 saturated heterocycles. The summed E-state index contributed by atoms with van der Waals surface area (Å²) >= 11 is 0. The Labute approximate surface area is 72.4 Å². The number of carbonyl (C=O) groups excluding carboxylic acids is 1. The van der Waals surface area contributed by atoms with E-state index in [9.17, 15) is 4.79 Å². The van der Waals surface area contributed by atoms with Crippen LogP contribution < -0.4 is 0 Å². The summed E-state index contributed by atoms with van der Waals surface area (Å²) in [5.74, 6) is -0.369. The van der Waals surface area contributed by atoms with Crippen LogP contribution in [0.1, 0.15) is 20.3 Å². The second-order valence-corrected chi connectivity index (χ2v) is 3.19. The van der Waals surface area contributed by atoms with Gasteiger partial charge in [-0.1, -0.05) is 6.58 Å². The van der Waals surface area contributed by atoms with Gasteiger partial charge in [-0.05, 0) is 13.8 Å². The minimum absolute atomic E-state index is 0.0680. The predicted octanol–water partition coefficient (Wildman–Crippen LogP) is 1.28. The number of ether oxygens (including phenoxy) is 2. The topological polar surface area (TPSA) is 38.8 Å². The Hall–Kier alpha value is -0.830. The SMILES string of the molecule is C=CC(=O)OCCC1(C)OC1C. The molecular weight excluding hydrogens is 156 g/mol. The van der Waals surface area contributed by atoms with Gasteiger partial charge in [0.05, 0.1) is 18.3 Å². The number of hydrogen-bond acceptors (Lipinski definition) is 3. The van der Waals surface area contributed by atoms with Gasteiger partial charge < -0.3 is 9.47 Å². The quantitative estimate of drug-likeness (QED) is 0.362. The molecule has 3 heteroatoms. The first-order valence-electron chi connectivity index (χ1n) is 4.05. The molecule has 1 aliphatic rings. The Morgan fingerprint density at radius 1 is 1.83 bits per heavy atom. The maximum absolute atomic E-state index is 10.6. The molecule has 0 aromatic heterocycles. The summed E-state index contributed by atoms with van der Waals surface area (Å²) < 4.78 is 10.1. The minimum Gasteiger partial charge on any atom is -0.462 e. The van der Waals surface area contributed by atoms with Gasteiger partial charge in [0.2, 0.25) is 0 Å². The summed E-state index contributed by atoms with van der Waals surface area (Å²) in [6, 6.07) is 0. The molecule has 2 unspecified atom stereocenters. The van der Waals surface area contributed by atoms with Crippen LogP contribution in [0.5, 0.6) is 0 Å². The molecule has 1 rings (SSSR count). The Morgan fingerprint density at radius 3 is 2.83 bits per heavy atom. The van der Waals surface area contributed by atoms with Crippen LogP contribution in [0.4, 0.5) is 0 Å². The van der Waals surface area contributed by atoms with Gasteiger partial charge in [0.15, 0.2) is 0 Å². The second-order valence-electron chi connectivity index (χ2n) is 3.19. The van der Waals surface area contributed by atoms with Gasteiger partial charge in [0.1, 0.15) is 0 Å². The van der Waals surface area contributed by atoms with Crippen molar-refractivity contribution in [1.29, 1.82) is 0 Å². The molecule has 1 heterocycles. The predicted molar refractivity (Wildman–Crippen MR) is 44.7 cm³/mol. The van der Waals surface area contributed by atoms with Crippen LogP contribution in [0.2, 0.25) is 0 Å². The van der Waals surface area contributed by atoms with Gasteiger partial charge in [0.25, 0.3) is 0 Å². The third-order valence-corrected chi connectivity index (χ3v) is 2.26. The number of esters is 1. The van der Waals surface area contributed by atoms with Crippen molar-refractivity contribution in [2.45, 2.75) is 32.0 Å². The maximum atomic E-state index is 10.6. The highest BCUT2D eigenvalue weighted by molar-refractivity contribution is 5.81. The Morgan fingerprint density at radius 2 is 2.42 bits per heavy atom. The van der Waals surface area contributed by atoms with Gasteiger partial charge in [-0.25, -0.2) is 4.79 Å². The summed E-state index contributed by atoms with van der Waals surface area (Å²) in [6.45, 7) is 7.73. The summed E-state index contributed by atoms with van der Waals surface area (Å²) in [5.41, 5.74) is -0.0680. The van der Waals surface area contributed by atoms with E-state index in [2.05, 4.69) is 6.58 Å². The summed E-state index contributed by atoms with van der Waals surface area (Å²) in [4.78, 5) is 10.6. The zero-order chi connectivity index (χ0) is 9.19.